The molecule has 0 aromatic heterocycles. The van der Waals surface area contributed by atoms with Crippen LogP contribution in [-0.4, -0.2) is 62.1 Å². The fourth-order valence-corrected chi connectivity index (χ4v) is 4.10. The molecule has 0 bridgehead atoms. The lowest BCUT2D eigenvalue weighted by Crippen LogP contribution is -3.15. The molecule has 0 radical (unpaired) electrons. The van der Waals surface area contributed by atoms with E-state index in [4.69, 9.17) is 9.47 Å². The highest BCUT2D eigenvalue weighted by Gasteiger charge is 2.34. The van der Waals surface area contributed by atoms with Crippen molar-refractivity contribution in [3.63, 3.8) is 0 Å². The highest BCUT2D eigenvalue weighted by atomic mass is 16.6. The minimum absolute atomic E-state index is 0.00324. The molecule has 31 heavy (non-hydrogen) atoms. The van der Waals surface area contributed by atoms with Crippen molar-refractivity contribution < 1.29 is 24.0 Å². The van der Waals surface area contributed by atoms with Crippen molar-refractivity contribution in [1.29, 1.82) is 0 Å². The Bertz CT molecular complexity index is 938. The summed E-state index contributed by atoms with van der Waals surface area (Å²) in [7, 11) is 0. The largest absolute Gasteiger partial charge is 0.485 e. The van der Waals surface area contributed by atoms with E-state index in [2.05, 4.69) is 19.2 Å². The molecule has 2 amide bonds. The Labute approximate surface area is 182 Å². The molecule has 2 aliphatic rings. The van der Waals surface area contributed by atoms with E-state index in [0.717, 1.165) is 24.3 Å². The quantitative estimate of drug-likeness (QED) is 0.759. The summed E-state index contributed by atoms with van der Waals surface area (Å²) in [6.07, 6.45) is -0.618. The molecule has 1 saturated heterocycles. The van der Waals surface area contributed by atoms with Gasteiger partial charge >= 0.3 is 0 Å². The lowest BCUT2D eigenvalue weighted by Gasteiger charge is -2.35. The molecule has 2 N–H and O–H groups in total. The maximum atomic E-state index is 12.9. The first-order chi connectivity index (χ1) is 15.0. The number of benzene rings is 2. The minimum Gasteiger partial charge on any atom is -0.485 e. The Morgan fingerprint density at radius 1 is 1.06 bits per heavy atom. The number of carbonyl (C=O) groups is 2. The van der Waals surface area contributed by atoms with Gasteiger partial charge in [-0.2, -0.15) is 0 Å². The maximum absolute atomic E-state index is 12.9. The van der Waals surface area contributed by atoms with E-state index in [9.17, 15) is 9.59 Å². The summed E-state index contributed by atoms with van der Waals surface area (Å²) < 4.78 is 11.5. The van der Waals surface area contributed by atoms with Crippen LogP contribution < -0.4 is 19.7 Å². The van der Waals surface area contributed by atoms with Crippen LogP contribution in [0.4, 0.5) is 5.69 Å². The molecule has 7 heteroatoms. The van der Waals surface area contributed by atoms with Crippen molar-refractivity contribution in [3.8, 4) is 11.5 Å². The van der Waals surface area contributed by atoms with Crippen LogP contribution in [0.5, 0.6) is 11.5 Å². The second kappa shape index (κ2) is 9.39. The second-order valence-electron chi connectivity index (χ2n) is 8.41. The molecule has 0 spiro atoms. The number of carbonyl (C=O) groups excluding carboxylic acids is 2. The zero-order valence-electron chi connectivity index (χ0n) is 18.1. The van der Waals surface area contributed by atoms with Gasteiger partial charge in [-0.15, -0.1) is 0 Å². The van der Waals surface area contributed by atoms with Crippen molar-refractivity contribution in [2.45, 2.75) is 25.9 Å². The zero-order chi connectivity index (χ0) is 21.8. The van der Waals surface area contributed by atoms with Gasteiger partial charge in [0.25, 0.3) is 11.8 Å². The van der Waals surface area contributed by atoms with Crippen LogP contribution >= 0.6 is 0 Å². The van der Waals surface area contributed by atoms with Crippen LogP contribution in [0.2, 0.25) is 0 Å². The van der Waals surface area contributed by atoms with Gasteiger partial charge in [-0.25, -0.2) is 0 Å². The van der Waals surface area contributed by atoms with Gasteiger partial charge in [-0.3, -0.25) is 9.59 Å². The smallest absolute Gasteiger partial charge is 0.279 e. The molecule has 2 heterocycles. The number of fused-ring (bicyclic) bond motifs is 1. The summed E-state index contributed by atoms with van der Waals surface area (Å²) in [6.45, 7) is 7.52. The normalized spacial score (nSPS) is 18.7. The van der Waals surface area contributed by atoms with E-state index in [-0.39, 0.29) is 18.4 Å². The van der Waals surface area contributed by atoms with Crippen molar-refractivity contribution >= 4 is 17.5 Å². The van der Waals surface area contributed by atoms with Gasteiger partial charge in [-0.1, -0.05) is 44.2 Å². The second-order valence-corrected chi connectivity index (χ2v) is 8.41. The summed E-state index contributed by atoms with van der Waals surface area (Å²) in [4.78, 5) is 28.4. The standard InChI is InChI=1S/C24H29N3O4/c1-17(2)18-7-3-4-8-19(18)25-23(28)15-26-11-13-27(14-12-26)24(29)22-16-30-20-9-5-6-10-21(20)31-22/h3-10,17,22H,11-16H2,1-2H3,(H,25,28)/p+1/t22-/m0/s1. The SMILES string of the molecule is CC(C)c1ccccc1NC(=O)C[NH+]1CCN(C(=O)[C@@H]2COc3ccccc3O2)CC1. The number of nitrogens with zero attached hydrogens (tertiary/aromatic N) is 1. The Kier molecular flexibility index (Phi) is 6.42. The van der Waals surface area contributed by atoms with Gasteiger partial charge in [0.2, 0.25) is 6.10 Å². The zero-order valence-corrected chi connectivity index (χ0v) is 18.1. The topological polar surface area (TPSA) is 72.3 Å². The number of piperazine rings is 1. The summed E-state index contributed by atoms with van der Waals surface area (Å²) in [5.74, 6) is 1.57. The van der Waals surface area contributed by atoms with Gasteiger partial charge in [0.15, 0.2) is 18.0 Å². The third-order valence-electron chi connectivity index (χ3n) is 5.83. The number of ether oxygens (including phenoxy) is 2. The van der Waals surface area contributed by atoms with E-state index in [0.29, 0.717) is 37.1 Å². The Morgan fingerprint density at radius 3 is 2.48 bits per heavy atom. The van der Waals surface area contributed by atoms with Crippen molar-refractivity contribution in [2.24, 2.45) is 0 Å². The van der Waals surface area contributed by atoms with E-state index in [1.54, 1.807) is 0 Å². The van der Waals surface area contributed by atoms with Crippen LogP contribution in [-0.2, 0) is 9.59 Å². The molecule has 0 unspecified atom stereocenters. The first-order valence-corrected chi connectivity index (χ1v) is 10.9. The summed E-state index contributed by atoms with van der Waals surface area (Å²) >= 11 is 0. The first-order valence-electron chi connectivity index (χ1n) is 10.9. The molecule has 1 fully saturated rings. The minimum atomic E-state index is -0.618. The van der Waals surface area contributed by atoms with Crippen LogP contribution in [0.3, 0.4) is 0 Å². The van der Waals surface area contributed by atoms with E-state index in [1.807, 2.05) is 53.4 Å². The lowest BCUT2D eigenvalue weighted by atomic mass is 10.0. The molecular weight excluding hydrogens is 394 g/mol. The number of nitrogens with one attached hydrogen (secondary N) is 2. The number of amides is 2. The predicted octanol–water partition coefficient (Wildman–Crippen LogP) is 1.32. The average Bonchev–Trinajstić information content (AvgIpc) is 2.79. The Hall–Kier alpha value is -3.06. The molecule has 2 aliphatic heterocycles. The molecule has 0 aliphatic carbocycles. The van der Waals surface area contributed by atoms with E-state index < -0.39 is 6.10 Å². The number of para-hydroxylation sites is 3. The summed E-state index contributed by atoms with van der Waals surface area (Å²) in [5, 5.41) is 3.06. The molecule has 2 aromatic carbocycles. The average molecular weight is 425 g/mol. The van der Waals surface area contributed by atoms with Gasteiger partial charge < -0.3 is 24.6 Å². The van der Waals surface area contributed by atoms with Crippen molar-refractivity contribution in [3.05, 3.63) is 54.1 Å². The molecular formula is C24H30N3O4+. The summed E-state index contributed by atoms with van der Waals surface area (Å²) in [6, 6.07) is 15.3. The summed E-state index contributed by atoms with van der Waals surface area (Å²) in [5.41, 5.74) is 2.02. The number of quaternary nitrogens is 1. The molecule has 0 saturated carbocycles. The molecule has 164 valence electrons. The highest BCUT2D eigenvalue weighted by molar-refractivity contribution is 5.92. The van der Waals surface area contributed by atoms with Crippen LogP contribution in [0.1, 0.15) is 25.3 Å². The first kappa shape index (κ1) is 21.2. The van der Waals surface area contributed by atoms with Gasteiger partial charge in [0.05, 0.1) is 26.2 Å². The van der Waals surface area contributed by atoms with Crippen molar-refractivity contribution in [2.75, 3.05) is 44.6 Å². The molecule has 4 rings (SSSR count). The van der Waals surface area contributed by atoms with E-state index >= 15 is 0 Å². The lowest BCUT2D eigenvalue weighted by molar-refractivity contribution is -0.895. The molecule has 7 nitrogen and oxygen atoms in total. The molecule has 1 atom stereocenters. The monoisotopic (exact) mass is 424 g/mol. The maximum Gasteiger partial charge on any atom is 0.279 e. The third-order valence-corrected chi connectivity index (χ3v) is 5.83. The highest BCUT2D eigenvalue weighted by Crippen LogP contribution is 2.31. The van der Waals surface area contributed by atoms with Crippen LogP contribution in [0.15, 0.2) is 48.5 Å². The number of hydrogen-bond acceptors (Lipinski definition) is 4. The van der Waals surface area contributed by atoms with Gasteiger partial charge in [0, 0.05) is 5.69 Å². The third kappa shape index (κ3) is 4.99. The van der Waals surface area contributed by atoms with Gasteiger partial charge in [-0.05, 0) is 29.7 Å². The number of rotatable bonds is 5. The van der Waals surface area contributed by atoms with Crippen molar-refractivity contribution in [1.82, 2.24) is 4.90 Å². The van der Waals surface area contributed by atoms with E-state index in [1.165, 1.54) is 4.90 Å². The molecule has 2 aromatic rings. The Balaban J connectivity index is 1.26. The fourth-order valence-electron chi connectivity index (χ4n) is 4.10. The van der Waals surface area contributed by atoms with Gasteiger partial charge in [0.1, 0.15) is 6.61 Å². The number of anilines is 1. The number of hydrogen-bond donors (Lipinski definition) is 2. The van der Waals surface area contributed by atoms with Crippen LogP contribution in [0, 0.1) is 0 Å². The fraction of sp³-hybridized carbons (Fsp3) is 0.417. The Morgan fingerprint density at radius 2 is 1.74 bits per heavy atom. The van der Waals surface area contributed by atoms with Crippen LogP contribution in [0.25, 0.3) is 0 Å². The predicted molar refractivity (Wildman–Crippen MR) is 118 cm³/mol.